The summed E-state index contributed by atoms with van der Waals surface area (Å²) in [6.45, 7) is 17.4. The highest BCUT2D eigenvalue weighted by atomic mass is 16.2. The number of piperidine rings is 2. The lowest BCUT2D eigenvalue weighted by molar-refractivity contribution is 0.0857. The molecule has 0 aliphatic carbocycles. The maximum Gasteiger partial charge on any atom is 0.251 e. The predicted octanol–water partition coefficient (Wildman–Crippen LogP) is 3.76. The third-order valence-electron chi connectivity index (χ3n) is 6.46. The van der Waals surface area contributed by atoms with Crippen molar-refractivity contribution in [3.05, 3.63) is 35.4 Å². The van der Waals surface area contributed by atoms with E-state index in [1.54, 1.807) is 24.3 Å². The van der Waals surface area contributed by atoms with E-state index in [0.29, 0.717) is 11.1 Å². The Hall–Kier alpha value is -1.92. The maximum atomic E-state index is 12.8. The fourth-order valence-electron chi connectivity index (χ4n) is 6.16. The van der Waals surface area contributed by atoms with E-state index in [0.717, 1.165) is 25.7 Å². The summed E-state index contributed by atoms with van der Waals surface area (Å²) < 4.78 is 0. The number of benzene rings is 1. The first-order chi connectivity index (χ1) is 14.5. The third-order valence-corrected chi connectivity index (χ3v) is 6.46. The van der Waals surface area contributed by atoms with Crippen LogP contribution in [0.1, 0.15) is 102 Å². The molecule has 6 nitrogen and oxygen atoms in total. The second-order valence-electron chi connectivity index (χ2n) is 12.5. The molecule has 178 valence electrons. The second-order valence-corrected chi connectivity index (χ2v) is 12.5. The Morgan fingerprint density at radius 2 is 0.875 bits per heavy atom. The van der Waals surface area contributed by atoms with E-state index in [-0.39, 0.29) is 46.1 Å². The molecular formula is C26H42N4O2. The first-order valence-corrected chi connectivity index (χ1v) is 11.9. The molecule has 3 rings (SSSR count). The molecule has 2 amide bonds. The van der Waals surface area contributed by atoms with Crippen LogP contribution >= 0.6 is 0 Å². The summed E-state index contributed by atoms with van der Waals surface area (Å²) >= 11 is 0. The minimum absolute atomic E-state index is 0.0284. The maximum absolute atomic E-state index is 12.8. The summed E-state index contributed by atoms with van der Waals surface area (Å²) in [5, 5.41) is 13.7. The highest BCUT2D eigenvalue weighted by Crippen LogP contribution is 2.30. The van der Waals surface area contributed by atoms with Crippen LogP contribution in [-0.4, -0.2) is 46.1 Å². The molecule has 2 aliphatic rings. The van der Waals surface area contributed by atoms with E-state index in [1.807, 2.05) is 0 Å². The van der Waals surface area contributed by atoms with Crippen LogP contribution in [0.15, 0.2) is 24.3 Å². The van der Waals surface area contributed by atoms with Crippen molar-refractivity contribution in [2.45, 2.75) is 115 Å². The molecule has 6 heteroatoms. The standard InChI is InChI=1S/C26H42N4O2/c1-23(2)13-19(14-24(3,4)29-23)27-21(31)17-9-11-18(12-10-17)22(32)28-20-15-25(5,6)30-26(7,8)16-20/h9-12,19-20,29-30H,13-16H2,1-8H3,(H,27,31)(H,28,32). The van der Waals surface area contributed by atoms with Gasteiger partial charge in [-0.3, -0.25) is 9.59 Å². The van der Waals surface area contributed by atoms with E-state index in [9.17, 15) is 9.59 Å². The van der Waals surface area contributed by atoms with E-state index in [4.69, 9.17) is 0 Å². The van der Waals surface area contributed by atoms with Gasteiger partial charge in [-0.05, 0) is 105 Å². The number of hydrogen-bond acceptors (Lipinski definition) is 4. The fourth-order valence-corrected chi connectivity index (χ4v) is 6.16. The van der Waals surface area contributed by atoms with Crippen LogP contribution in [0.25, 0.3) is 0 Å². The van der Waals surface area contributed by atoms with Gasteiger partial charge in [0, 0.05) is 45.4 Å². The van der Waals surface area contributed by atoms with Gasteiger partial charge in [-0.2, -0.15) is 0 Å². The Morgan fingerprint density at radius 1 is 0.625 bits per heavy atom. The van der Waals surface area contributed by atoms with Crippen molar-refractivity contribution >= 4 is 11.8 Å². The van der Waals surface area contributed by atoms with Crippen LogP contribution in [0.4, 0.5) is 0 Å². The SMILES string of the molecule is CC1(C)CC(NC(=O)c2ccc(C(=O)NC3CC(C)(C)NC(C)(C)C3)cc2)CC(C)(C)N1. The molecule has 0 aromatic heterocycles. The van der Waals surface area contributed by atoms with Crippen LogP contribution in [-0.2, 0) is 0 Å². The largest absolute Gasteiger partial charge is 0.349 e. The minimum Gasteiger partial charge on any atom is -0.349 e. The molecule has 0 bridgehead atoms. The molecule has 0 saturated carbocycles. The molecule has 1 aromatic rings. The molecule has 0 atom stereocenters. The van der Waals surface area contributed by atoms with Crippen LogP contribution in [0, 0.1) is 0 Å². The Morgan fingerprint density at radius 3 is 1.12 bits per heavy atom. The van der Waals surface area contributed by atoms with Gasteiger partial charge in [0.15, 0.2) is 0 Å². The van der Waals surface area contributed by atoms with E-state index >= 15 is 0 Å². The molecule has 4 N–H and O–H groups in total. The summed E-state index contributed by atoms with van der Waals surface area (Å²) in [7, 11) is 0. The summed E-state index contributed by atoms with van der Waals surface area (Å²) in [4.78, 5) is 25.7. The predicted molar refractivity (Wildman–Crippen MR) is 130 cm³/mol. The molecular weight excluding hydrogens is 400 g/mol. The number of rotatable bonds is 4. The van der Waals surface area contributed by atoms with Gasteiger partial charge in [0.2, 0.25) is 0 Å². The topological polar surface area (TPSA) is 82.3 Å². The van der Waals surface area contributed by atoms with Crippen molar-refractivity contribution in [2.24, 2.45) is 0 Å². The second kappa shape index (κ2) is 8.45. The first kappa shape index (κ1) is 24.7. The van der Waals surface area contributed by atoms with Gasteiger partial charge in [-0.15, -0.1) is 0 Å². The van der Waals surface area contributed by atoms with Crippen molar-refractivity contribution in [3.63, 3.8) is 0 Å². The fraction of sp³-hybridized carbons (Fsp3) is 0.692. The number of carbonyl (C=O) groups excluding carboxylic acids is 2. The monoisotopic (exact) mass is 442 g/mol. The highest BCUT2D eigenvalue weighted by Gasteiger charge is 2.39. The minimum atomic E-state index is -0.0858. The van der Waals surface area contributed by atoms with Gasteiger partial charge in [0.1, 0.15) is 0 Å². The van der Waals surface area contributed by atoms with Gasteiger partial charge < -0.3 is 21.3 Å². The third kappa shape index (κ3) is 6.55. The molecule has 0 spiro atoms. The molecule has 0 radical (unpaired) electrons. The van der Waals surface area contributed by atoms with Gasteiger partial charge in [0.05, 0.1) is 0 Å². The summed E-state index contributed by atoms with van der Waals surface area (Å²) in [6.07, 6.45) is 3.52. The zero-order valence-corrected chi connectivity index (χ0v) is 21.1. The number of amides is 2. The Balaban J connectivity index is 1.61. The van der Waals surface area contributed by atoms with Crippen molar-refractivity contribution in [1.29, 1.82) is 0 Å². The van der Waals surface area contributed by atoms with Crippen LogP contribution in [0.3, 0.4) is 0 Å². The average molecular weight is 443 g/mol. The van der Waals surface area contributed by atoms with Crippen LogP contribution < -0.4 is 21.3 Å². The Kier molecular flexibility index (Phi) is 6.53. The van der Waals surface area contributed by atoms with Gasteiger partial charge in [0.25, 0.3) is 11.8 Å². The lowest BCUT2D eigenvalue weighted by atomic mass is 9.79. The van der Waals surface area contributed by atoms with Crippen LogP contribution in [0.5, 0.6) is 0 Å². The molecule has 0 unspecified atom stereocenters. The quantitative estimate of drug-likeness (QED) is 0.572. The summed E-state index contributed by atoms with van der Waals surface area (Å²) in [5.74, 6) is -0.172. The zero-order valence-electron chi connectivity index (χ0n) is 21.1. The average Bonchev–Trinajstić information content (AvgIpc) is 2.56. The molecule has 1 aromatic carbocycles. The Labute approximate surface area is 193 Å². The normalized spacial score (nSPS) is 24.5. The van der Waals surface area contributed by atoms with Crippen molar-refractivity contribution < 1.29 is 9.59 Å². The smallest absolute Gasteiger partial charge is 0.251 e. The van der Waals surface area contributed by atoms with E-state index in [2.05, 4.69) is 76.7 Å². The summed E-state index contributed by atoms with van der Waals surface area (Å²) in [6, 6.07) is 7.22. The first-order valence-electron chi connectivity index (χ1n) is 11.9. The number of hydrogen-bond donors (Lipinski definition) is 4. The molecule has 2 fully saturated rings. The molecule has 2 saturated heterocycles. The van der Waals surface area contributed by atoms with E-state index in [1.165, 1.54) is 0 Å². The molecule has 2 aliphatic heterocycles. The Bertz CT molecular complexity index is 752. The van der Waals surface area contributed by atoms with Gasteiger partial charge >= 0.3 is 0 Å². The number of nitrogens with one attached hydrogen (secondary N) is 4. The molecule has 2 heterocycles. The zero-order chi connectivity index (χ0) is 23.9. The number of carbonyl (C=O) groups is 2. The lowest BCUT2D eigenvalue weighted by Crippen LogP contribution is -2.62. The van der Waals surface area contributed by atoms with Gasteiger partial charge in [-0.1, -0.05) is 0 Å². The van der Waals surface area contributed by atoms with Crippen molar-refractivity contribution in [3.8, 4) is 0 Å². The van der Waals surface area contributed by atoms with Crippen LogP contribution in [0.2, 0.25) is 0 Å². The van der Waals surface area contributed by atoms with Crippen molar-refractivity contribution in [2.75, 3.05) is 0 Å². The van der Waals surface area contributed by atoms with Crippen molar-refractivity contribution in [1.82, 2.24) is 21.3 Å². The summed E-state index contributed by atoms with van der Waals surface area (Å²) in [5.41, 5.74) is 1.05. The van der Waals surface area contributed by atoms with Gasteiger partial charge in [-0.25, -0.2) is 0 Å². The highest BCUT2D eigenvalue weighted by molar-refractivity contribution is 5.98. The lowest BCUT2D eigenvalue weighted by Gasteiger charge is -2.46. The van der Waals surface area contributed by atoms with E-state index < -0.39 is 0 Å². The molecule has 32 heavy (non-hydrogen) atoms.